The molecule has 0 fully saturated rings. The number of pyridine rings is 1. The topological polar surface area (TPSA) is 77.7 Å². The molecule has 8 heteroatoms. The van der Waals surface area contributed by atoms with Crippen LogP contribution in [0.3, 0.4) is 0 Å². The Morgan fingerprint density at radius 2 is 2.22 bits per heavy atom. The quantitative estimate of drug-likeness (QED) is 0.631. The van der Waals surface area contributed by atoms with Gasteiger partial charge in [0.15, 0.2) is 5.03 Å². The third-order valence-electron chi connectivity index (χ3n) is 2.20. The van der Waals surface area contributed by atoms with Crippen LogP contribution in [0.15, 0.2) is 29.4 Å². The van der Waals surface area contributed by atoms with Crippen LogP contribution in [-0.2, 0) is 13.8 Å². The number of hydrogen-bond donors (Lipinski definition) is 0. The molecule has 18 heavy (non-hydrogen) atoms. The van der Waals surface area contributed by atoms with Crippen LogP contribution in [0.25, 0.3) is 5.52 Å². The van der Waals surface area contributed by atoms with Crippen LogP contribution in [0.4, 0.5) is 0 Å². The summed E-state index contributed by atoms with van der Waals surface area (Å²) in [6.07, 6.45) is 1.51. The van der Waals surface area contributed by atoms with Gasteiger partial charge < -0.3 is 4.74 Å². The van der Waals surface area contributed by atoms with Crippen molar-refractivity contribution in [2.75, 3.05) is 6.61 Å². The third-order valence-corrected chi connectivity index (χ3v) is 3.40. The van der Waals surface area contributed by atoms with Gasteiger partial charge in [-0.3, -0.25) is 4.40 Å². The number of hydrogen-bond acceptors (Lipinski definition) is 5. The van der Waals surface area contributed by atoms with Gasteiger partial charge in [-0.25, -0.2) is 18.2 Å². The average Bonchev–Trinajstić information content (AvgIpc) is 2.68. The van der Waals surface area contributed by atoms with E-state index in [4.69, 9.17) is 15.4 Å². The molecule has 2 aromatic rings. The van der Waals surface area contributed by atoms with Gasteiger partial charge in [0.05, 0.1) is 12.1 Å². The van der Waals surface area contributed by atoms with Crippen LogP contribution in [0.2, 0.25) is 0 Å². The maximum atomic E-state index is 11.7. The first-order valence-corrected chi connectivity index (χ1v) is 7.35. The van der Waals surface area contributed by atoms with Crippen molar-refractivity contribution >= 4 is 31.2 Å². The summed E-state index contributed by atoms with van der Waals surface area (Å²) < 4.78 is 28.9. The van der Waals surface area contributed by atoms with Gasteiger partial charge in [0, 0.05) is 16.9 Å². The smallest absolute Gasteiger partial charge is 0.374 e. The number of nitrogens with zero attached hydrogens (tertiary/aromatic N) is 2. The standard InChI is InChI=1S/C10H9ClN2O4S/c1-2-17-10(14)8-12-9(18(11,15)16)7-5-3-4-6-13(7)8/h3-6H,2H2,1H3. The largest absolute Gasteiger partial charge is 0.460 e. The Balaban J connectivity index is 2.73. The summed E-state index contributed by atoms with van der Waals surface area (Å²) in [5, 5.41) is -0.354. The molecular weight excluding hydrogens is 280 g/mol. The van der Waals surface area contributed by atoms with Gasteiger partial charge in [0.2, 0.25) is 5.82 Å². The normalized spacial score (nSPS) is 11.7. The van der Waals surface area contributed by atoms with Crippen LogP contribution in [0.1, 0.15) is 17.5 Å². The van der Waals surface area contributed by atoms with Gasteiger partial charge in [-0.1, -0.05) is 6.07 Å². The second-order valence-electron chi connectivity index (χ2n) is 3.35. The molecule has 6 nitrogen and oxygen atoms in total. The summed E-state index contributed by atoms with van der Waals surface area (Å²) >= 11 is 0. The number of fused-ring (bicyclic) bond motifs is 1. The summed E-state index contributed by atoms with van der Waals surface area (Å²) in [6.45, 7) is 1.82. The Hall–Kier alpha value is -1.60. The molecule has 0 saturated carbocycles. The van der Waals surface area contributed by atoms with Crippen LogP contribution >= 0.6 is 10.7 Å². The summed E-state index contributed by atoms with van der Waals surface area (Å²) in [4.78, 5) is 15.4. The Labute approximate surface area is 108 Å². The zero-order valence-corrected chi connectivity index (χ0v) is 10.9. The molecule has 0 radical (unpaired) electrons. The van der Waals surface area contributed by atoms with Gasteiger partial charge in [0.1, 0.15) is 0 Å². The zero-order chi connectivity index (χ0) is 13.3. The highest BCUT2D eigenvalue weighted by atomic mass is 35.7. The number of aromatic nitrogens is 2. The van der Waals surface area contributed by atoms with E-state index < -0.39 is 15.0 Å². The lowest BCUT2D eigenvalue weighted by atomic mass is 10.4. The first-order valence-electron chi connectivity index (χ1n) is 5.04. The van der Waals surface area contributed by atoms with E-state index in [-0.39, 0.29) is 23.0 Å². The first kappa shape index (κ1) is 12.8. The van der Waals surface area contributed by atoms with Crippen LogP contribution in [-0.4, -0.2) is 30.4 Å². The molecule has 0 unspecified atom stereocenters. The van der Waals surface area contributed by atoms with Crippen molar-refractivity contribution in [3.63, 3.8) is 0 Å². The number of halogens is 1. The number of imidazole rings is 1. The predicted octanol–water partition coefficient (Wildman–Crippen LogP) is 1.44. The molecule has 0 aliphatic carbocycles. The number of ether oxygens (including phenoxy) is 1. The fourth-order valence-corrected chi connectivity index (χ4v) is 2.48. The maximum absolute atomic E-state index is 11.7. The van der Waals surface area contributed by atoms with Gasteiger partial charge in [-0.05, 0) is 19.1 Å². The van der Waals surface area contributed by atoms with Crippen molar-refractivity contribution < 1.29 is 17.9 Å². The molecule has 2 rings (SSSR count). The lowest BCUT2D eigenvalue weighted by molar-refractivity contribution is 0.0511. The molecule has 0 bridgehead atoms. The van der Waals surface area contributed by atoms with Gasteiger partial charge in [0.25, 0.3) is 9.05 Å². The van der Waals surface area contributed by atoms with E-state index >= 15 is 0 Å². The van der Waals surface area contributed by atoms with E-state index in [1.807, 2.05) is 0 Å². The molecule has 0 aliphatic heterocycles. The van der Waals surface area contributed by atoms with Gasteiger partial charge in [-0.15, -0.1) is 0 Å². The maximum Gasteiger partial charge on any atom is 0.374 e. The SMILES string of the molecule is CCOC(=O)c1nc(S(=O)(=O)Cl)c2ccccn12. The molecule has 0 aromatic carbocycles. The number of esters is 1. The second-order valence-corrected chi connectivity index (χ2v) is 5.84. The van der Waals surface area contributed by atoms with Crippen molar-refractivity contribution in [3.05, 3.63) is 30.2 Å². The monoisotopic (exact) mass is 288 g/mol. The van der Waals surface area contributed by atoms with E-state index in [0.717, 1.165) is 0 Å². The van der Waals surface area contributed by atoms with Gasteiger partial charge in [-0.2, -0.15) is 0 Å². The highest BCUT2D eigenvalue weighted by Crippen LogP contribution is 2.21. The second kappa shape index (κ2) is 4.58. The third kappa shape index (κ3) is 2.19. The molecule has 0 spiro atoms. The molecular formula is C10H9ClN2O4S. The lowest BCUT2D eigenvalue weighted by Crippen LogP contribution is -2.09. The number of rotatable bonds is 3. The number of carbonyl (C=O) groups excluding carboxylic acids is 1. The predicted molar refractivity (Wildman–Crippen MR) is 64.2 cm³/mol. The summed E-state index contributed by atoms with van der Waals surface area (Å²) in [5.41, 5.74) is 0.232. The first-order chi connectivity index (χ1) is 8.45. The van der Waals surface area contributed by atoms with E-state index in [0.29, 0.717) is 0 Å². The van der Waals surface area contributed by atoms with Crippen molar-refractivity contribution in [2.45, 2.75) is 11.9 Å². The van der Waals surface area contributed by atoms with Crippen molar-refractivity contribution in [3.8, 4) is 0 Å². The van der Waals surface area contributed by atoms with E-state index in [9.17, 15) is 13.2 Å². The molecule has 0 saturated heterocycles. The Morgan fingerprint density at radius 3 is 2.83 bits per heavy atom. The molecule has 2 heterocycles. The molecule has 0 amide bonds. The average molecular weight is 289 g/mol. The minimum absolute atomic E-state index is 0.119. The fourth-order valence-electron chi connectivity index (χ4n) is 1.53. The van der Waals surface area contributed by atoms with E-state index in [2.05, 4.69) is 4.98 Å². The van der Waals surface area contributed by atoms with Crippen LogP contribution in [0, 0.1) is 0 Å². The minimum atomic E-state index is -4.02. The Morgan fingerprint density at radius 1 is 1.50 bits per heavy atom. The highest BCUT2D eigenvalue weighted by Gasteiger charge is 2.24. The van der Waals surface area contributed by atoms with E-state index in [1.165, 1.54) is 16.7 Å². The summed E-state index contributed by atoms with van der Waals surface area (Å²) in [6, 6.07) is 4.77. The summed E-state index contributed by atoms with van der Waals surface area (Å²) in [7, 11) is 1.25. The van der Waals surface area contributed by atoms with Crippen molar-refractivity contribution in [1.82, 2.24) is 9.38 Å². The fraction of sp³-hybridized carbons (Fsp3) is 0.200. The molecule has 96 valence electrons. The highest BCUT2D eigenvalue weighted by molar-refractivity contribution is 8.13. The molecule has 0 N–H and O–H groups in total. The lowest BCUT2D eigenvalue weighted by Gasteiger charge is -1.99. The molecule has 0 atom stereocenters. The molecule has 0 aliphatic rings. The summed E-state index contributed by atoms with van der Waals surface area (Å²) in [5.74, 6) is -0.822. The molecule has 2 aromatic heterocycles. The van der Waals surface area contributed by atoms with Crippen molar-refractivity contribution in [1.29, 1.82) is 0 Å². The van der Waals surface area contributed by atoms with E-state index in [1.54, 1.807) is 19.1 Å². The van der Waals surface area contributed by atoms with Gasteiger partial charge >= 0.3 is 5.97 Å². The Kier molecular flexibility index (Phi) is 3.27. The van der Waals surface area contributed by atoms with Crippen LogP contribution < -0.4 is 0 Å². The van der Waals surface area contributed by atoms with Crippen molar-refractivity contribution in [2.24, 2.45) is 0 Å². The Bertz CT molecular complexity index is 708. The minimum Gasteiger partial charge on any atom is -0.460 e. The number of carbonyl (C=O) groups is 1. The van der Waals surface area contributed by atoms with Crippen LogP contribution in [0.5, 0.6) is 0 Å². The zero-order valence-electron chi connectivity index (χ0n) is 9.33.